The van der Waals surface area contributed by atoms with Gasteiger partial charge in [0, 0.05) is 16.9 Å². The smallest absolute Gasteiger partial charge is 0.176 e. The van der Waals surface area contributed by atoms with Crippen LogP contribution in [0.15, 0.2) is 12.1 Å². The predicted octanol–water partition coefficient (Wildman–Crippen LogP) is 3.69. The Morgan fingerprint density at radius 1 is 1.60 bits per heavy atom. The standard InChI is InChI=1S/C11H10ClFOS/c1-2-9-11(14)6-3-4-8(12)10(13)7(6)5-15-9/h3-4,9H,2,5H2,1H3. The van der Waals surface area contributed by atoms with Gasteiger partial charge in [0.2, 0.25) is 0 Å². The Bertz CT molecular complexity index is 419. The molecule has 0 fully saturated rings. The molecule has 1 atom stereocenters. The molecule has 1 aliphatic rings. The summed E-state index contributed by atoms with van der Waals surface area (Å²) in [6.07, 6.45) is 0.785. The van der Waals surface area contributed by atoms with Crippen LogP contribution in [0.1, 0.15) is 29.3 Å². The van der Waals surface area contributed by atoms with E-state index in [1.165, 1.54) is 17.8 Å². The zero-order valence-corrected chi connectivity index (χ0v) is 9.79. The van der Waals surface area contributed by atoms with Gasteiger partial charge < -0.3 is 0 Å². The highest BCUT2D eigenvalue weighted by molar-refractivity contribution is 8.00. The Morgan fingerprint density at radius 3 is 3.00 bits per heavy atom. The lowest BCUT2D eigenvalue weighted by Gasteiger charge is -2.22. The van der Waals surface area contributed by atoms with Gasteiger partial charge in [0.25, 0.3) is 0 Å². The number of Topliss-reactive ketones (excluding diaryl/α,β-unsaturated/α-hetero) is 1. The van der Waals surface area contributed by atoms with Gasteiger partial charge in [-0.05, 0) is 18.6 Å². The van der Waals surface area contributed by atoms with Crippen LogP contribution in [0.3, 0.4) is 0 Å². The number of hydrogen-bond acceptors (Lipinski definition) is 2. The van der Waals surface area contributed by atoms with Gasteiger partial charge in [-0.2, -0.15) is 0 Å². The normalized spacial score (nSPS) is 20.2. The number of ketones is 1. The summed E-state index contributed by atoms with van der Waals surface area (Å²) in [6.45, 7) is 1.97. The molecular formula is C11H10ClFOS. The molecule has 15 heavy (non-hydrogen) atoms. The van der Waals surface area contributed by atoms with Crippen LogP contribution in [-0.4, -0.2) is 11.0 Å². The second-order valence-corrected chi connectivity index (χ2v) is 5.06. The van der Waals surface area contributed by atoms with Crippen LogP contribution in [0.2, 0.25) is 5.02 Å². The summed E-state index contributed by atoms with van der Waals surface area (Å²) in [5.41, 5.74) is 0.963. The van der Waals surface area contributed by atoms with Gasteiger partial charge in [-0.15, -0.1) is 11.8 Å². The van der Waals surface area contributed by atoms with Crippen molar-refractivity contribution in [2.45, 2.75) is 24.3 Å². The second kappa shape index (κ2) is 4.14. The Kier molecular flexibility index (Phi) is 3.03. The van der Waals surface area contributed by atoms with Crippen LogP contribution in [0, 0.1) is 5.82 Å². The third kappa shape index (κ3) is 1.79. The molecule has 0 radical (unpaired) electrons. The van der Waals surface area contributed by atoms with Crippen molar-refractivity contribution in [3.05, 3.63) is 34.1 Å². The number of carbonyl (C=O) groups is 1. The van der Waals surface area contributed by atoms with E-state index >= 15 is 0 Å². The predicted molar refractivity (Wildman–Crippen MR) is 61.1 cm³/mol. The van der Waals surface area contributed by atoms with Crippen LogP contribution < -0.4 is 0 Å². The minimum Gasteiger partial charge on any atom is -0.293 e. The van der Waals surface area contributed by atoms with Crippen molar-refractivity contribution in [2.24, 2.45) is 0 Å². The number of benzene rings is 1. The lowest BCUT2D eigenvalue weighted by atomic mass is 10.0. The summed E-state index contributed by atoms with van der Waals surface area (Å²) in [5.74, 6) is 0.121. The quantitative estimate of drug-likeness (QED) is 0.750. The molecule has 1 aromatic rings. The molecule has 1 heterocycles. The molecule has 1 nitrogen and oxygen atoms in total. The Balaban J connectivity index is 2.50. The van der Waals surface area contributed by atoms with Gasteiger partial charge in [-0.3, -0.25) is 4.79 Å². The largest absolute Gasteiger partial charge is 0.293 e. The Morgan fingerprint density at radius 2 is 2.33 bits per heavy atom. The minimum absolute atomic E-state index is 0.0271. The van der Waals surface area contributed by atoms with E-state index in [1.807, 2.05) is 6.92 Å². The molecular weight excluding hydrogens is 235 g/mol. The van der Waals surface area contributed by atoms with Crippen LogP contribution >= 0.6 is 23.4 Å². The van der Waals surface area contributed by atoms with E-state index in [4.69, 9.17) is 11.6 Å². The van der Waals surface area contributed by atoms with E-state index < -0.39 is 5.82 Å². The van der Waals surface area contributed by atoms with Crippen LogP contribution in [0.4, 0.5) is 4.39 Å². The van der Waals surface area contributed by atoms with Crippen LogP contribution in [0.5, 0.6) is 0 Å². The summed E-state index contributed by atoms with van der Waals surface area (Å²) >= 11 is 7.16. The lowest BCUT2D eigenvalue weighted by Crippen LogP contribution is -2.23. The highest BCUT2D eigenvalue weighted by Crippen LogP contribution is 2.35. The first-order valence-electron chi connectivity index (χ1n) is 4.77. The van der Waals surface area contributed by atoms with E-state index in [1.54, 1.807) is 6.07 Å². The van der Waals surface area contributed by atoms with Crippen LogP contribution in [0.25, 0.3) is 0 Å². The number of hydrogen-bond donors (Lipinski definition) is 0. The lowest BCUT2D eigenvalue weighted by molar-refractivity contribution is 0.0985. The van der Waals surface area contributed by atoms with E-state index in [-0.39, 0.29) is 16.1 Å². The summed E-state index contributed by atoms with van der Waals surface area (Å²) in [4.78, 5) is 11.9. The highest BCUT2D eigenvalue weighted by atomic mass is 35.5. The van der Waals surface area contributed by atoms with Crippen molar-refractivity contribution < 1.29 is 9.18 Å². The fraction of sp³-hybridized carbons (Fsp3) is 0.364. The molecule has 0 aromatic heterocycles. The van der Waals surface area contributed by atoms with E-state index in [9.17, 15) is 9.18 Å². The van der Waals surface area contributed by atoms with Gasteiger partial charge >= 0.3 is 0 Å². The molecule has 0 amide bonds. The van der Waals surface area contributed by atoms with E-state index in [2.05, 4.69) is 0 Å². The number of rotatable bonds is 1. The van der Waals surface area contributed by atoms with Crippen molar-refractivity contribution in [3.63, 3.8) is 0 Å². The third-order valence-electron chi connectivity index (χ3n) is 2.55. The van der Waals surface area contributed by atoms with Crippen molar-refractivity contribution in [1.82, 2.24) is 0 Å². The topological polar surface area (TPSA) is 17.1 Å². The minimum atomic E-state index is -0.440. The van der Waals surface area contributed by atoms with Gasteiger partial charge in [-0.25, -0.2) is 4.39 Å². The summed E-state index contributed by atoms with van der Waals surface area (Å²) in [5, 5.41) is 0.0650. The summed E-state index contributed by atoms with van der Waals surface area (Å²) < 4.78 is 13.6. The molecule has 1 unspecified atom stereocenters. The zero-order chi connectivity index (χ0) is 11.0. The van der Waals surface area contributed by atoms with Gasteiger partial charge in [0.05, 0.1) is 10.3 Å². The maximum Gasteiger partial charge on any atom is 0.176 e. The maximum atomic E-state index is 13.6. The molecule has 1 aliphatic heterocycles. The number of carbonyl (C=O) groups excluding carboxylic acids is 1. The van der Waals surface area contributed by atoms with Crippen molar-refractivity contribution in [2.75, 3.05) is 0 Å². The summed E-state index contributed by atoms with van der Waals surface area (Å²) in [7, 11) is 0. The fourth-order valence-corrected chi connectivity index (χ4v) is 3.04. The maximum absolute atomic E-state index is 13.6. The van der Waals surface area contributed by atoms with E-state index in [0.29, 0.717) is 16.9 Å². The molecule has 0 saturated heterocycles. The van der Waals surface area contributed by atoms with Crippen molar-refractivity contribution >= 4 is 29.1 Å². The first-order chi connectivity index (χ1) is 7.15. The van der Waals surface area contributed by atoms with Gasteiger partial charge in [0.15, 0.2) is 5.78 Å². The second-order valence-electron chi connectivity index (χ2n) is 3.46. The molecule has 0 bridgehead atoms. The van der Waals surface area contributed by atoms with Gasteiger partial charge in [0.1, 0.15) is 5.82 Å². The van der Waals surface area contributed by atoms with Crippen molar-refractivity contribution in [3.8, 4) is 0 Å². The molecule has 0 aliphatic carbocycles. The summed E-state index contributed by atoms with van der Waals surface area (Å²) in [6, 6.07) is 3.09. The zero-order valence-electron chi connectivity index (χ0n) is 8.22. The molecule has 0 spiro atoms. The highest BCUT2D eigenvalue weighted by Gasteiger charge is 2.29. The number of fused-ring (bicyclic) bond motifs is 1. The Labute approximate surface area is 97.0 Å². The third-order valence-corrected chi connectivity index (χ3v) is 4.25. The molecule has 80 valence electrons. The SMILES string of the molecule is CCC1SCc2c(ccc(Cl)c2F)C1=O. The average Bonchev–Trinajstić information content (AvgIpc) is 2.24. The first-order valence-corrected chi connectivity index (χ1v) is 6.20. The van der Waals surface area contributed by atoms with E-state index in [0.717, 1.165) is 6.42 Å². The van der Waals surface area contributed by atoms with Gasteiger partial charge in [-0.1, -0.05) is 18.5 Å². The first kappa shape index (κ1) is 11.0. The Hall–Kier alpha value is -0.540. The molecule has 0 saturated carbocycles. The molecule has 4 heteroatoms. The number of halogens is 2. The number of thioether (sulfide) groups is 1. The molecule has 1 aromatic carbocycles. The van der Waals surface area contributed by atoms with Crippen LogP contribution in [-0.2, 0) is 5.75 Å². The van der Waals surface area contributed by atoms with Crippen molar-refractivity contribution in [1.29, 1.82) is 0 Å². The average molecular weight is 245 g/mol. The molecule has 0 N–H and O–H groups in total. The fourth-order valence-electron chi connectivity index (χ4n) is 1.70. The molecule has 2 rings (SSSR count). The monoisotopic (exact) mass is 244 g/mol.